The van der Waals surface area contributed by atoms with E-state index >= 15 is 0 Å². The van der Waals surface area contributed by atoms with Gasteiger partial charge in [-0.1, -0.05) is 11.6 Å². The molecule has 17 heavy (non-hydrogen) atoms. The summed E-state index contributed by atoms with van der Waals surface area (Å²) in [6, 6.07) is 3.51. The molecule has 0 spiro atoms. The van der Waals surface area contributed by atoms with Crippen molar-refractivity contribution in [2.45, 2.75) is 0 Å². The average Bonchev–Trinajstić information content (AvgIpc) is 2.30. The summed E-state index contributed by atoms with van der Waals surface area (Å²) in [4.78, 5) is 5.90. The van der Waals surface area contributed by atoms with Gasteiger partial charge in [-0.2, -0.15) is 5.26 Å². The van der Waals surface area contributed by atoms with Gasteiger partial charge in [0.15, 0.2) is 9.84 Å². The predicted molar refractivity (Wildman–Crippen MR) is 64.8 cm³/mol. The molecule has 0 bridgehead atoms. The fourth-order valence-corrected chi connectivity index (χ4v) is 3.14. The molecule has 90 valence electrons. The Balaban J connectivity index is 2.28. The van der Waals surface area contributed by atoms with Crippen LogP contribution in [0.2, 0.25) is 5.02 Å². The summed E-state index contributed by atoms with van der Waals surface area (Å²) in [7, 11) is -2.93. The summed E-state index contributed by atoms with van der Waals surface area (Å²) >= 11 is 6.04. The lowest BCUT2D eigenvalue weighted by Gasteiger charge is -2.28. The number of halogens is 1. The molecule has 0 atom stereocenters. The van der Waals surface area contributed by atoms with Crippen LogP contribution in [0.4, 0.5) is 5.82 Å². The van der Waals surface area contributed by atoms with Gasteiger partial charge in [-0.05, 0) is 6.07 Å². The molecule has 5 nitrogen and oxygen atoms in total. The molecule has 1 saturated heterocycles. The fraction of sp³-hybridized carbons (Fsp3) is 0.400. The third kappa shape index (κ3) is 2.51. The Kier molecular flexibility index (Phi) is 3.22. The second-order valence-corrected chi connectivity index (χ2v) is 6.43. The minimum atomic E-state index is -2.93. The zero-order chi connectivity index (χ0) is 12.5. The van der Waals surface area contributed by atoms with Crippen LogP contribution in [0.15, 0.2) is 12.3 Å². The SMILES string of the molecule is N#Cc1ccnc(N2CCS(=O)(=O)CC2)c1Cl. The van der Waals surface area contributed by atoms with Gasteiger partial charge in [0, 0.05) is 19.3 Å². The molecule has 1 aromatic heterocycles. The number of pyridine rings is 1. The van der Waals surface area contributed by atoms with Crippen LogP contribution in [0.3, 0.4) is 0 Å². The Labute approximate surface area is 105 Å². The Morgan fingerprint density at radius 3 is 2.65 bits per heavy atom. The van der Waals surface area contributed by atoms with E-state index in [1.807, 2.05) is 6.07 Å². The number of nitriles is 1. The highest BCUT2D eigenvalue weighted by atomic mass is 35.5. The van der Waals surface area contributed by atoms with Crippen molar-refractivity contribution in [1.82, 2.24) is 4.98 Å². The van der Waals surface area contributed by atoms with E-state index in [1.165, 1.54) is 12.3 Å². The van der Waals surface area contributed by atoms with Crippen molar-refractivity contribution >= 4 is 27.3 Å². The monoisotopic (exact) mass is 271 g/mol. The van der Waals surface area contributed by atoms with Crippen molar-refractivity contribution in [3.8, 4) is 6.07 Å². The summed E-state index contributed by atoms with van der Waals surface area (Å²) in [6.45, 7) is 0.730. The van der Waals surface area contributed by atoms with E-state index < -0.39 is 9.84 Å². The van der Waals surface area contributed by atoms with Gasteiger partial charge in [-0.15, -0.1) is 0 Å². The van der Waals surface area contributed by atoms with E-state index in [4.69, 9.17) is 16.9 Å². The van der Waals surface area contributed by atoms with E-state index in [0.717, 1.165) is 0 Å². The lowest BCUT2D eigenvalue weighted by atomic mass is 10.2. The largest absolute Gasteiger partial charge is 0.353 e. The first kappa shape index (κ1) is 12.1. The van der Waals surface area contributed by atoms with E-state index in [2.05, 4.69) is 4.98 Å². The van der Waals surface area contributed by atoms with Gasteiger partial charge in [0.05, 0.1) is 17.1 Å². The van der Waals surface area contributed by atoms with Crippen LogP contribution in [0, 0.1) is 11.3 Å². The van der Waals surface area contributed by atoms with Gasteiger partial charge in [0.25, 0.3) is 0 Å². The molecule has 0 N–H and O–H groups in total. The van der Waals surface area contributed by atoms with Crippen LogP contribution in [0.1, 0.15) is 5.56 Å². The number of nitrogens with zero attached hydrogens (tertiary/aromatic N) is 3. The first-order valence-electron chi connectivity index (χ1n) is 5.03. The second-order valence-electron chi connectivity index (χ2n) is 3.75. The Morgan fingerprint density at radius 2 is 2.06 bits per heavy atom. The van der Waals surface area contributed by atoms with E-state index in [0.29, 0.717) is 24.5 Å². The lowest BCUT2D eigenvalue weighted by Crippen LogP contribution is -2.40. The third-order valence-electron chi connectivity index (χ3n) is 2.64. The quantitative estimate of drug-likeness (QED) is 0.757. The molecular weight excluding hydrogens is 262 g/mol. The van der Waals surface area contributed by atoms with Crippen LogP contribution in [-0.2, 0) is 9.84 Å². The summed E-state index contributed by atoms with van der Waals surface area (Å²) in [5.74, 6) is 0.685. The summed E-state index contributed by atoms with van der Waals surface area (Å²) < 4.78 is 22.6. The molecule has 0 aliphatic carbocycles. The Bertz CT molecular complexity index is 566. The van der Waals surface area contributed by atoms with Gasteiger partial charge in [-0.25, -0.2) is 13.4 Å². The van der Waals surface area contributed by atoms with Crippen LogP contribution in [0.5, 0.6) is 0 Å². The maximum atomic E-state index is 11.3. The van der Waals surface area contributed by atoms with Crippen molar-refractivity contribution < 1.29 is 8.42 Å². The molecule has 1 aliphatic rings. The van der Waals surface area contributed by atoms with E-state index in [9.17, 15) is 8.42 Å². The van der Waals surface area contributed by atoms with Crippen molar-refractivity contribution in [3.63, 3.8) is 0 Å². The molecule has 7 heteroatoms. The highest BCUT2D eigenvalue weighted by Gasteiger charge is 2.24. The van der Waals surface area contributed by atoms with Gasteiger partial charge in [0.1, 0.15) is 16.9 Å². The van der Waals surface area contributed by atoms with E-state index in [-0.39, 0.29) is 16.5 Å². The van der Waals surface area contributed by atoms with Gasteiger partial charge < -0.3 is 4.90 Å². The minimum Gasteiger partial charge on any atom is -0.353 e. The highest BCUT2D eigenvalue weighted by molar-refractivity contribution is 7.91. The van der Waals surface area contributed by atoms with Gasteiger partial charge >= 0.3 is 0 Å². The molecule has 0 aromatic carbocycles. The maximum Gasteiger partial charge on any atom is 0.153 e. The summed E-state index contributed by atoms with van der Waals surface area (Å²) in [5, 5.41) is 9.13. The molecular formula is C10H10ClN3O2S. The Hall–Kier alpha value is -1.32. The smallest absolute Gasteiger partial charge is 0.153 e. The molecule has 0 unspecified atom stereocenters. The first-order valence-corrected chi connectivity index (χ1v) is 7.23. The van der Waals surface area contributed by atoms with Gasteiger partial charge in [0.2, 0.25) is 0 Å². The number of sulfone groups is 1. The van der Waals surface area contributed by atoms with E-state index in [1.54, 1.807) is 4.90 Å². The molecule has 2 heterocycles. The molecule has 1 fully saturated rings. The first-order chi connectivity index (χ1) is 8.03. The van der Waals surface area contributed by atoms with Crippen molar-refractivity contribution in [2.24, 2.45) is 0 Å². The molecule has 2 rings (SSSR count). The van der Waals surface area contributed by atoms with Crippen molar-refractivity contribution in [3.05, 3.63) is 22.8 Å². The number of anilines is 1. The molecule has 1 aliphatic heterocycles. The summed E-state index contributed by atoms with van der Waals surface area (Å²) in [6.07, 6.45) is 1.50. The Morgan fingerprint density at radius 1 is 1.41 bits per heavy atom. The van der Waals surface area contributed by atoms with Crippen LogP contribution in [0.25, 0.3) is 0 Å². The average molecular weight is 272 g/mol. The topological polar surface area (TPSA) is 74.1 Å². The standard InChI is InChI=1S/C10H10ClN3O2S/c11-9-8(7-12)1-2-13-10(9)14-3-5-17(15,16)6-4-14/h1-2H,3-6H2. The zero-order valence-corrected chi connectivity index (χ0v) is 10.5. The fourth-order valence-electron chi connectivity index (χ4n) is 1.66. The summed E-state index contributed by atoms with van der Waals surface area (Å²) in [5.41, 5.74) is 0.352. The molecule has 1 aromatic rings. The molecule has 0 amide bonds. The maximum absolute atomic E-state index is 11.3. The molecule has 0 saturated carbocycles. The number of rotatable bonds is 1. The van der Waals surface area contributed by atoms with Crippen molar-refractivity contribution in [1.29, 1.82) is 5.26 Å². The lowest BCUT2D eigenvalue weighted by molar-refractivity contribution is 0.586. The highest BCUT2D eigenvalue weighted by Crippen LogP contribution is 2.27. The minimum absolute atomic E-state index is 0.0990. The van der Waals surface area contributed by atoms with Crippen molar-refractivity contribution in [2.75, 3.05) is 29.5 Å². The third-order valence-corrected chi connectivity index (χ3v) is 4.62. The zero-order valence-electron chi connectivity index (χ0n) is 8.93. The van der Waals surface area contributed by atoms with Crippen LogP contribution >= 0.6 is 11.6 Å². The van der Waals surface area contributed by atoms with Crippen LogP contribution in [-0.4, -0.2) is 38.0 Å². The number of aromatic nitrogens is 1. The molecule has 0 radical (unpaired) electrons. The van der Waals surface area contributed by atoms with Gasteiger partial charge in [-0.3, -0.25) is 0 Å². The van der Waals surface area contributed by atoms with Crippen LogP contribution < -0.4 is 4.90 Å². The number of hydrogen-bond acceptors (Lipinski definition) is 5. The predicted octanol–water partition coefficient (Wildman–Crippen LogP) is 0.841. The number of hydrogen-bond donors (Lipinski definition) is 0. The normalized spacial score (nSPS) is 18.7. The second kappa shape index (κ2) is 4.51.